The van der Waals surface area contributed by atoms with Crippen LogP contribution in [0.25, 0.3) is 0 Å². The summed E-state index contributed by atoms with van der Waals surface area (Å²) >= 11 is 0. The molecule has 0 atom stereocenters. The van der Waals surface area contributed by atoms with E-state index in [1.807, 2.05) is 0 Å². The van der Waals surface area contributed by atoms with Gasteiger partial charge in [0.25, 0.3) is 0 Å². The van der Waals surface area contributed by atoms with Gasteiger partial charge in [0, 0.05) is 18.9 Å². The van der Waals surface area contributed by atoms with Gasteiger partial charge in [-0.1, -0.05) is 0 Å². The molecule has 7 nitrogen and oxygen atoms in total. The molecule has 0 aromatic carbocycles. The lowest BCUT2D eigenvalue weighted by molar-refractivity contribution is 0.567. The van der Waals surface area contributed by atoms with E-state index in [-0.39, 0.29) is 5.16 Å². The molecule has 1 rings (SSSR count). The largest absolute Gasteiger partial charge is 0.322 e. The van der Waals surface area contributed by atoms with Crippen LogP contribution in [0.3, 0.4) is 0 Å². The minimum absolute atomic E-state index is 0.126. The lowest BCUT2D eigenvalue weighted by Gasteiger charge is -2.05. The van der Waals surface area contributed by atoms with Crippen molar-refractivity contribution in [3.8, 4) is 0 Å². The Hall–Kier alpha value is -0.930. The number of sulfone groups is 1. The van der Waals surface area contributed by atoms with Crippen molar-refractivity contribution in [1.29, 1.82) is 0 Å². The van der Waals surface area contributed by atoms with Gasteiger partial charge in [-0.15, -0.1) is 0 Å². The number of nitrogens with two attached hydrogens (primary N) is 1. The Kier molecular flexibility index (Phi) is 3.71. The normalized spacial score (nSPS) is 12.9. The van der Waals surface area contributed by atoms with Crippen molar-refractivity contribution in [3.05, 3.63) is 12.4 Å². The fourth-order valence-corrected chi connectivity index (χ4v) is 3.89. The van der Waals surface area contributed by atoms with Gasteiger partial charge in [-0.3, -0.25) is 0 Å². The first kappa shape index (κ1) is 13.1. The Morgan fingerprint density at radius 1 is 1.31 bits per heavy atom. The molecule has 0 unspecified atom stereocenters. The number of hydrogen-bond acceptors (Lipinski definition) is 5. The second-order valence-electron chi connectivity index (χ2n) is 3.18. The minimum Gasteiger partial charge on any atom is -0.322 e. The van der Waals surface area contributed by atoms with E-state index in [9.17, 15) is 16.8 Å². The Morgan fingerprint density at radius 2 is 1.94 bits per heavy atom. The van der Waals surface area contributed by atoms with Crippen molar-refractivity contribution in [2.45, 2.75) is 18.6 Å². The summed E-state index contributed by atoms with van der Waals surface area (Å²) in [5.74, 6) is -1.16. The van der Waals surface area contributed by atoms with E-state index >= 15 is 0 Å². The molecule has 0 spiro atoms. The number of hydrogen-bond donors (Lipinski definition) is 1. The van der Waals surface area contributed by atoms with Crippen molar-refractivity contribution >= 4 is 19.9 Å². The van der Waals surface area contributed by atoms with Gasteiger partial charge in [-0.2, -0.15) is 0 Å². The highest BCUT2D eigenvalue weighted by Crippen LogP contribution is 2.08. The average molecular weight is 267 g/mol. The van der Waals surface area contributed by atoms with Crippen LogP contribution in [0, 0.1) is 0 Å². The van der Waals surface area contributed by atoms with E-state index in [0.29, 0.717) is 6.54 Å². The molecule has 1 aromatic rings. The molecular weight excluding hydrogens is 254 g/mol. The fraction of sp³-hybridized carbons (Fsp3) is 0.571. The maximum absolute atomic E-state index is 11.7. The molecule has 1 heterocycles. The van der Waals surface area contributed by atoms with E-state index in [1.165, 1.54) is 17.0 Å². The highest BCUT2D eigenvalue weighted by Gasteiger charge is 2.22. The van der Waals surface area contributed by atoms with E-state index in [1.54, 1.807) is 6.92 Å². The molecular formula is C7H13N3O4S2. The van der Waals surface area contributed by atoms with Crippen LogP contribution >= 0.6 is 0 Å². The molecule has 0 radical (unpaired) electrons. The van der Waals surface area contributed by atoms with E-state index in [4.69, 9.17) is 5.14 Å². The molecule has 0 saturated carbocycles. The molecule has 9 heteroatoms. The Morgan fingerprint density at radius 3 is 2.44 bits per heavy atom. The third-order valence-corrected chi connectivity index (χ3v) is 4.60. The number of nitrogens with zero attached hydrogens (tertiary/aromatic N) is 2. The maximum atomic E-state index is 11.7. The van der Waals surface area contributed by atoms with Gasteiger partial charge in [0.1, 0.15) is 0 Å². The number of aromatic nitrogens is 2. The zero-order valence-electron chi connectivity index (χ0n) is 8.70. The molecule has 0 bridgehead atoms. The Bertz CT molecular complexity index is 558. The van der Waals surface area contributed by atoms with Crippen molar-refractivity contribution in [3.63, 3.8) is 0 Å². The number of primary sulfonamides is 1. The molecule has 0 amide bonds. The third-order valence-electron chi connectivity index (χ3n) is 1.93. The first-order chi connectivity index (χ1) is 7.26. The summed E-state index contributed by atoms with van der Waals surface area (Å²) in [6, 6.07) is 0. The third kappa shape index (κ3) is 3.29. The van der Waals surface area contributed by atoms with E-state index in [0.717, 1.165) is 0 Å². The monoisotopic (exact) mass is 267 g/mol. The van der Waals surface area contributed by atoms with Crippen LogP contribution in [0.1, 0.15) is 6.92 Å². The standard InChI is InChI=1S/C7H13N3O4S2/c1-2-10-4-3-9-7(10)15(11,12)5-6-16(8,13)14/h3-4H,2,5-6H2,1H3,(H2,8,13,14). The predicted octanol–water partition coefficient (Wildman–Crippen LogP) is -1.03. The molecule has 92 valence electrons. The minimum atomic E-state index is -3.78. The van der Waals surface area contributed by atoms with Crippen molar-refractivity contribution < 1.29 is 16.8 Å². The predicted molar refractivity (Wildman–Crippen MR) is 57.9 cm³/mol. The molecule has 0 aliphatic rings. The summed E-state index contributed by atoms with van der Waals surface area (Å²) in [6.45, 7) is 2.21. The van der Waals surface area contributed by atoms with E-state index in [2.05, 4.69) is 4.98 Å². The first-order valence-corrected chi connectivity index (χ1v) is 7.87. The second kappa shape index (κ2) is 4.52. The highest BCUT2D eigenvalue weighted by molar-refractivity contribution is 7.94. The molecule has 16 heavy (non-hydrogen) atoms. The Balaban J connectivity index is 2.95. The quantitative estimate of drug-likeness (QED) is 0.732. The topological polar surface area (TPSA) is 112 Å². The summed E-state index contributed by atoms with van der Waals surface area (Å²) in [5.41, 5.74) is 0. The smallest absolute Gasteiger partial charge is 0.227 e. The summed E-state index contributed by atoms with van der Waals surface area (Å²) in [6.07, 6.45) is 2.87. The van der Waals surface area contributed by atoms with Crippen molar-refractivity contribution in [2.75, 3.05) is 11.5 Å². The molecule has 0 saturated heterocycles. The van der Waals surface area contributed by atoms with Gasteiger partial charge < -0.3 is 4.57 Å². The summed E-state index contributed by atoms with van der Waals surface area (Å²) < 4.78 is 46.2. The van der Waals surface area contributed by atoms with Gasteiger partial charge >= 0.3 is 0 Å². The van der Waals surface area contributed by atoms with Crippen LogP contribution in [0.2, 0.25) is 0 Å². The van der Waals surface area contributed by atoms with Crippen LogP contribution < -0.4 is 5.14 Å². The average Bonchev–Trinajstić information content (AvgIpc) is 2.62. The van der Waals surface area contributed by atoms with Gasteiger partial charge in [0.2, 0.25) is 25.0 Å². The number of sulfonamides is 1. The lowest BCUT2D eigenvalue weighted by Crippen LogP contribution is -2.24. The molecule has 0 aliphatic carbocycles. The molecule has 2 N–H and O–H groups in total. The van der Waals surface area contributed by atoms with Crippen LogP contribution in [-0.4, -0.2) is 37.9 Å². The number of rotatable bonds is 5. The zero-order valence-corrected chi connectivity index (χ0v) is 10.3. The second-order valence-corrected chi connectivity index (χ2v) is 6.92. The van der Waals surface area contributed by atoms with Crippen molar-refractivity contribution in [2.24, 2.45) is 5.14 Å². The molecule has 0 fully saturated rings. The van der Waals surface area contributed by atoms with Crippen LogP contribution in [0.4, 0.5) is 0 Å². The SMILES string of the molecule is CCn1ccnc1S(=O)(=O)CCS(N)(=O)=O. The number of aryl methyl sites for hydroxylation is 1. The van der Waals surface area contributed by atoms with Gasteiger partial charge in [-0.25, -0.2) is 27.0 Å². The van der Waals surface area contributed by atoms with E-state index < -0.39 is 31.4 Å². The fourth-order valence-electron chi connectivity index (χ4n) is 1.13. The van der Waals surface area contributed by atoms with Crippen molar-refractivity contribution in [1.82, 2.24) is 9.55 Å². The summed E-state index contributed by atoms with van der Waals surface area (Å²) in [7, 11) is -7.48. The first-order valence-electron chi connectivity index (χ1n) is 4.50. The van der Waals surface area contributed by atoms with Gasteiger partial charge in [0.05, 0.1) is 11.5 Å². The van der Waals surface area contributed by atoms with Gasteiger partial charge in [-0.05, 0) is 6.92 Å². The summed E-state index contributed by atoms with van der Waals surface area (Å²) in [5, 5.41) is 4.62. The lowest BCUT2D eigenvalue weighted by atomic mass is 10.7. The highest BCUT2D eigenvalue weighted by atomic mass is 32.2. The Labute approximate surface area is 94.3 Å². The van der Waals surface area contributed by atoms with Gasteiger partial charge in [0.15, 0.2) is 0 Å². The molecule has 0 aliphatic heterocycles. The zero-order chi connectivity index (χ0) is 12.4. The summed E-state index contributed by atoms with van der Waals surface area (Å²) in [4.78, 5) is 3.70. The maximum Gasteiger partial charge on any atom is 0.227 e. The number of imidazole rings is 1. The van der Waals surface area contributed by atoms with Crippen LogP contribution in [-0.2, 0) is 26.4 Å². The van der Waals surface area contributed by atoms with Crippen LogP contribution in [0.15, 0.2) is 17.6 Å². The van der Waals surface area contributed by atoms with Crippen LogP contribution in [0.5, 0.6) is 0 Å². The molecule has 1 aromatic heterocycles.